The summed E-state index contributed by atoms with van der Waals surface area (Å²) in [4.78, 5) is 12.0. The van der Waals surface area contributed by atoms with Crippen LogP contribution >= 0.6 is 0 Å². The summed E-state index contributed by atoms with van der Waals surface area (Å²) >= 11 is 0. The highest BCUT2D eigenvalue weighted by atomic mass is 19.1. The van der Waals surface area contributed by atoms with Crippen molar-refractivity contribution in [2.45, 2.75) is 6.04 Å². The van der Waals surface area contributed by atoms with Crippen molar-refractivity contribution in [3.8, 4) is 5.75 Å². The molecule has 2 N–H and O–H groups in total. The number of hydrogen-bond acceptors (Lipinski definition) is 4. The zero-order valence-electron chi connectivity index (χ0n) is 11.1. The highest BCUT2D eigenvalue weighted by Gasteiger charge is 2.24. The number of carbonyl (C=O) groups excluding carboxylic acids is 1. The van der Waals surface area contributed by atoms with Crippen LogP contribution in [0.4, 0.5) is 8.78 Å². The highest BCUT2D eigenvalue weighted by Crippen LogP contribution is 2.24. The number of amides is 1. The average Bonchev–Trinajstić information content (AvgIpc) is 2.99. The van der Waals surface area contributed by atoms with Crippen LogP contribution in [0.5, 0.6) is 5.75 Å². The van der Waals surface area contributed by atoms with Crippen molar-refractivity contribution in [3.63, 3.8) is 0 Å². The van der Waals surface area contributed by atoms with Gasteiger partial charge in [-0.3, -0.25) is 4.79 Å². The van der Waals surface area contributed by atoms with Gasteiger partial charge in [0.1, 0.15) is 23.2 Å². The van der Waals surface area contributed by atoms with Gasteiger partial charge in [0.2, 0.25) is 0 Å². The number of aliphatic hydroxyl groups excluding tert-OH is 1. The number of benzene rings is 1. The predicted octanol–water partition coefficient (Wildman–Crippen LogP) is 2.03. The Morgan fingerprint density at radius 2 is 2.19 bits per heavy atom. The van der Waals surface area contributed by atoms with E-state index in [4.69, 9.17) is 9.15 Å². The lowest BCUT2D eigenvalue weighted by Crippen LogP contribution is -2.32. The Labute approximate surface area is 119 Å². The lowest BCUT2D eigenvalue weighted by atomic mass is 10.1. The second kappa shape index (κ2) is 6.36. The van der Waals surface area contributed by atoms with Crippen LogP contribution in [-0.2, 0) is 0 Å². The number of aliphatic hydroxyl groups is 1. The van der Waals surface area contributed by atoms with Gasteiger partial charge in [-0.1, -0.05) is 0 Å². The molecule has 1 unspecified atom stereocenters. The zero-order valence-corrected chi connectivity index (χ0v) is 11.1. The Morgan fingerprint density at radius 3 is 2.76 bits per heavy atom. The van der Waals surface area contributed by atoms with Gasteiger partial charge in [-0.05, 0) is 24.3 Å². The molecule has 112 valence electrons. The fourth-order valence-electron chi connectivity index (χ4n) is 1.83. The molecular formula is C14H13F2NO4. The van der Waals surface area contributed by atoms with E-state index < -0.39 is 35.8 Å². The predicted molar refractivity (Wildman–Crippen MR) is 68.9 cm³/mol. The largest absolute Gasteiger partial charge is 0.494 e. The second-order valence-corrected chi connectivity index (χ2v) is 4.16. The van der Waals surface area contributed by atoms with Gasteiger partial charge >= 0.3 is 0 Å². The molecule has 1 heterocycles. The van der Waals surface area contributed by atoms with E-state index in [1.54, 1.807) is 6.07 Å². The van der Waals surface area contributed by atoms with E-state index in [-0.39, 0.29) is 11.5 Å². The molecule has 5 nitrogen and oxygen atoms in total. The van der Waals surface area contributed by atoms with Crippen molar-refractivity contribution in [2.75, 3.05) is 13.7 Å². The van der Waals surface area contributed by atoms with Gasteiger partial charge in [-0.25, -0.2) is 8.78 Å². The van der Waals surface area contributed by atoms with Gasteiger partial charge in [0.05, 0.1) is 20.0 Å². The molecule has 0 aliphatic heterocycles. The van der Waals surface area contributed by atoms with Gasteiger partial charge < -0.3 is 19.6 Å². The summed E-state index contributed by atoms with van der Waals surface area (Å²) in [6.07, 6.45) is 1.36. The number of nitrogens with one attached hydrogen (secondary N) is 1. The average molecular weight is 297 g/mol. The van der Waals surface area contributed by atoms with E-state index in [1.165, 1.54) is 19.4 Å². The molecule has 1 atom stereocenters. The topological polar surface area (TPSA) is 71.7 Å². The number of hydrogen-bond donors (Lipinski definition) is 2. The summed E-state index contributed by atoms with van der Waals surface area (Å²) < 4.78 is 37.4. The fourth-order valence-corrected chi connectivity index (χ4v) is 1.83. The first-order chi connectivity index (χ1) is 10.1. The molecule has 0 aliphatic carbocycles. The Hall–Kier alpha value is -2.41. The molecule has 0 radical (unpaired) electrons. The maximum Gasteiger partial charge on any atom is 0.258 e. The third-order valence-electron chi connectivity index (χ3n) is 2.88. The van der Waals surface area contributed by atoms with Crippen molar-refractivity contribution in [2.24, 2.45) is 0 Å². The number of furan rings is 1. The molecule has 0 saturated heterocycles. The van der Waals surface area contributed by atoms with E-state index in [1.807, 2.05) is 0 Å². The zero-order chi connectivity index (χ0) is 15.4. The van der Waals surface area contributed by atoms with Gasteiger partial charge in [-0.2, -0.15) is 0 Å². The monoisotopic (exact) mass is 297 g/mol. The Morgan fingerprint density at radius 1 is 1.43 bits per heavy atom. The fraction of sp³-hybridized carbons (Fsp3) is 0.214. The molecule has 1 aromatic carbocycles. The van der Waals surface area contributed by atoms with Crippen LogP contribution in [0.3, 0.4) is 0 Å². The lowest BCUT2D eigenvalue weighted by Gasteiger charge is -2.15. The van der Waals surface area contributed by atoms with Crippen molar-refractivity contribution in [1.29, 1.82) is 0 Å². The molecular weight excluding hydrogens is 284 g/mol. The van der Waals surface area contributed by atoms with Crippen LogP contribution in [0.15, 0.2) is 34.9 Å². The van der Waals surface area contributed by atoms with Crippen molar-refractivity contribution < 1.29 is 27.8 Å². The van der Waals surface area contributed by atoms with E-state index in [9.17, 15) is 18.7 Å². The quantitative estimate of drug-likeness (QED) is 0.886. The number of halogens is 2. The molecule has 21 heavy (non-hydrogen) atoms. The molecule has 0 aliphatic rings. The standard InChI is InChI=1S/C14H13F2NO4/c1-20-11-5-4-8(15)12(13(11)16)14(19)17-9(7-18)10-3-2-6-21-10/h2-6,9,18H,7H2,1H3,(H,17,19). The summed E-state index contributed by atoms with van der Waals surface area (Å²) in [5.41, 5.74) is -0.778. The first kappa shape index (κ1) is 15.0. The molecule has 0 spiro atoms. The SMILES string of the molecule is COc1ccc(F)c(C(=O)NC(CO)c2ccco2)c1F. The Bertz CT molecular complexity index is 628. The molecule has 0 fully saturated rings. The molecule has 0 bridgehead atoms. The maximum absolute atomic E-state index is 14.0. The number of ether oxygens (including phenoxy) is 1. The van der Waals surface area contributed by atoms with Gasteiger partial charge in [0.25, 0.3) is 5.91 Å². The molecule has 1 aromatic heterocycles. The minimum Gasteiger partial charge on any atom is -0.494 e. The first-order valence-electron chi connectivity index (χ1n) is 6.05. The molecule has 0 saturated carbocycles. The summed E-state index contributed by atoms with van der Waals surface area (Å²) in [6.45, 7) is -0.480. The Balaban J connectivity index is 2.28. The van der Waals surface area contributed by atoms with Gasteiger partial charge in [0.15, 0.2) is 11.6 Å². The van der Waals surface area contributed by atoms with E-state index in [2.05, 4.69) is 5.32 Å². The van der Waals surface area contributed by atoms with Gasteiger partial charge in [-0.15, -0.1) is 0 Å². The third kappa shape index (κ3) is 3.03. The summed E-state index contributed by atoms with van der Waals surface area (Å²) in [7, 11) is 1.21. The molecule has 1 amide bonds. The van der Waals surface area contributed by atoms with Crippen molar-refractivity contribution in [1.82, 2.24) is 5.32 Å². The maximum atomic E-state index is 14.0. The second-order valence-electron chi connectivity index (χ2n) is 4.16. The molecule has 2 rings (SSSR count). The summed E-state index contributed by atoms with van der Waals surface area (Å²) in [5, 5.41) is 11.5. The van der Waals surface area contributed by atoms with Crippen molar-refractivity contribution in [3.05, 3.63) is 53.5 Å². The van der Waals surface area contributed by atoms with E-state index >= 15 is 0 Å². The third-order valence-corrected chi connectivity index (χ3v) is 2.88. The van der Waals surface area contributed by atoms with Crippen LogP contribution in [0.1, 0.15) is 22.2 Å². The molecule has 7 heteroatoms. The van der Waals surface area contributed by atoms with Crippen LogP contribution in [0, 0.1) is 11.6 Å². The number of carbonyl (C=O) groups is 1. The van der Waals surface area contributed by atoms with Crippen LogP contribution in [-0.4, -0.2) is 24.7 Å². The minimum absolute atomic E-state index is 0.250. The Kier molecular flexibility index (Phi) is 4.54. The molecule has 2 aromatic rings. The summed E-state index contributed by atoms with van der Waals surface area (Å²) in [6, 6.07) is 4.20. The number of methoxy groups -OCH3 is 1. The number of rotatable bonds is 5. The van der Waals surface area contributed by atoms with E-state index in [0.717, 1.165) is 12.1 Å². The van der Waals surface area contributed by atoms with Crippen molar-refractivity contribution >= 4 is 5.91 Å². The van der Waals surface area contributed by atoms with Gasteiger partial charge in [0, 0.05) is 0 Å². The van der Waals surface area contributed by atoms with Crippen LogP contribution in [0.2, 0.25) is 0 Å². The smallest absolute Gasteiger partial charge is 0.258 e. The lowest BCUT2D eigenvalue weighted by molar-refractivity contribution is 0.0898. The summed E-state index contributed by atoms with van der Waals surface area (Å²) in [5.74, 6) is -3.12. The van der Waals surface area contributed by atoms with E-state index in [0.29, 0.717) is 0 Å². The minimum atomic E-state index is -1.11. The van der Waals surface area contributed by atoms with Crippen LogP contribution in [0.25, 0.3) is 0 Å². The highest BCUT2D eigenvalue weighted by molar-refractivity contribution is 5.95. The van der Waals surface area contributed by atoms with Crippen LogP contribution < -0.4 is 10.1 Å². The first-order valence-corrected chi connectivity index (χ1v) is 6.05. The normalized spacial score (nSPS) is 12.0.